The molecule has 1 unspecified atom stereocenters. The van der Waals surface area contributed by atoms with Gasteiger partial charge in [-0.2, -0.15) is 0 Å². The van der Waals surface area contributed by atoms with E-state index in [-0.39, 0.29) is 11.9 Å². The minimum atomic E-state index is -2.08. The predicted octanol–water partition coefficient (Wildman–Crippen LogP) is 3.80. The number of urea groups is 1. The van der Waals surface area contributed by atoms with E-state index in [0.29, 0.717) is 0 Å². The Kier molecular flexibility index (Phi) is 4.47. The minimum absolute atomic E-state index is 0.0524. The second kappa shape index (κ2) is 5.87. The molecule has 4 nitrogen and oxygen atoms in total. The lowest BCUT2D eigenvalue weighted by Gasteiger charge is -2.36. The Bertz CT molecular complexity index is 563. The second-order valence-electron chi connectivity index (χ2n) is 6.21. The van der Waals surface area contributed by atoms with E-state index in [9.17, 15) is 9.59 Å². The number of amides is 3. The molecule has 1 aliphatic heterocycles. The van der Waals surface area contributed by atoms with Crippen LogP contribution >= 0.6 is 0 Å². The smallest absolute Gasteiger partial charge is 0.309 e. The number of likely N-dealkylation sites (N-methyl/N-ethyl adjacent to an activating group) is 1. The summed E-state index contributed by atoms with van der Waals surface area (Å²) < 4.78 is 1.65. The Morgan fingerprint density at radius 1 is 1.00 bits per heavy atom. The van der Waals surface area contributed by atoms with E-state index >= 15 is 0 Å². The van der Waals surface area contributed by atoms with Crippen molar-refractivity contribution < 1.29 is 9.59 Å². The molecule has 2 rings (SSSR count). The van der Waals surface area contributed by atoms with Crippen LogP contribution in [0.25, 0.3) is 0 Å². The van der Waals surface area contributed by atoms with Crippen LogP contribution in [0.2, 0.25) is 18.1 Å². The first-order chi connectivity index (χ1) is 10.4. The molecule has 0 radical (unpaired) electrons. The third-order valence-electron chi connectivity index (χ3n) is 5.55. The number of carbonyl (C=O) groups is 2. The molecule has 0 aliphatic carbocycles. The van der Waals surface area contributed by atoms with Gasteiger partial charge in [0.15, 0.2) is 8.24 Å². The zero-order valence-corrected chi connectivity index (χ0v) is 15.2. The van der Waals surface area contributed by atoms with Crippen LogP contribution in [-0.2, 0) is 10.3 Å². The zero-order chi connectivity index (χ0) is 16.5. The third-order valence-corrected chi connectivity index (χ3v) is 10.8. The van der Waals surface area contributed by atoms with E-state index in [1.807, 2.05) is 37.3 Å². The minimum Gasteiger partial charge on any atom is -0.309 e. The van der Waals surface area contributed by atoms with Crippen molar-refractivity contribution in [3.05, 3.63) is 35.9 Å². The Morgan fingerprint density at radius 3 is 1.95 bits per heavy atom. The van der Waals surface area contributed by atoms with E-state index in [2.05, 4.69) is 20.8 Å². The highest BCUT2D eigenvalue weighted by Crippen LogP contribution is 2.40. The van der Waals surface area contributed by atoms with Gasteiger partial charge in [-0.1, -0.05) is 51.1 Å². The van der Waals surface area contributed by atoms with Gasteiger partial charge >= 0.3 is 6.03 Å². The summed E-state index contributed by atoms with van der Waals surface area (Å²) in [6, 6.07) is 12.2. The number of hydrogen-bond acceptors (Lipinski definition) is 2. The Morgan fingerprint density at radius 2 is 1.50 bits per heavy atom. The molecule has 5 heteroatoms. The van der Waals surface area contributed by atoms with Gasteiger partial charge in [-0.05, 0) is 30.6 Å². The summed E-state index contributed by atoms with van der Waals surface area (Å²) >= 11 is 0. The van der Waals surface area contributed by atoms with Crippen molar-refractivity contribution in [2.75, 3.05) is 7.05 Å². The highest BCUT2D eigenvalue weighted by Gasteiger charge is 2.58. The van der Waals surface area contributed by atoms with Crippen molar-refractivity contribution in [2.24, 2.45) is 0 Å². The molecule has 3 amide bonds. The molecule has 1 fully saturated rings. The molecule has 0 saturated carbocycles. The standard InChI is InChI=1S/C17H26N2O2Si/c1-6-22(7-2,8-3)19-15(20)17(4,18(5)16(19)21)14-12-10-9-11-13-14/h9-13H,6-8H2,1-5H3. The van der Waals surface area contributed by atoms with Gasteiger partial charge in [-0.25, -0.2) is 4.79 Å². The summed E-state index contributed by atoms with van der Waals surface area (Å²) in [4.78, 5) is 27.8. The van der Waals surface area contributed by atoms with Gasteiger partial charge in [0, 0.05) is 7.05 Å². The predicted molar refractivity (Wildman–Crippen MR) is 91.0 cm³/mol. The Labute approximate surface area is 134 Å². The third kappa shape index (κ3) is 2.10. The number of nitrogens with zero attached hydrogens (tertiary/aromatic N) is 2. The van der Waals surface area contributed by atoms with Crippen molar-refractivity contribution in [2.45, 2.75) is 51.4 Å². The Balaban J connectivity index is 2.55. The number of benzene rings is 1. The molecule has 1 atom stereocenters. The van der Waals surface area contributed by atoms with Gasteiger partial charge in [0.1, 0.15) is 5.54 Å². The molecule has 22 heavy (non-hydrogen) atoms. The van der Waals surface area contributed by atoms with Gasteiger partial charge in [-0.15, -0.1) is 0 Å². The summed E-state index contributed by atoms with van der Waals surface area (Å²) in [5.41, 5.74) is -0.0135. The molecular weight excluding hydrogens is 292 g/mol. The highest BCUT2D eigenvalue weighted by atomic mass is 28.3. The van der Waals surface area contributed by atoms with Crippen LogP contribution < -0.4 is 0 Å². The van der Waals surface area contributed by atoms with E-state index < -0.39 is 13.8 Å². The molecule has 120 valence electrons. The summed E-state index contributed by atoms with van der Waals surface area (Å²) in [5, 5.41) is 0. The summed E-state index contributed by atoms with van der Waals surface area (Å²) in [6.45, 7) is 8.19. The van der Waals surface area contributed by atoms with Gasteiger partial charge in [0.05, 0.1) is 0 Å². The average Bonchev–Trinajstić information content (AvgIpc) is 2.74. The number of imide groups is 1. The van der Waals surface area contributed by atoms with Gasteiger partial charge in [0.2, 0.25) is 0 Å². The fraction of sp³-hybridized carbons (Fsp3) is 0.529. The molecular formula is C17H26N2O2Si. The van der Waals surface area contributed by atoms with Crippen molar-refractivity contribution >= 4 is 20.2 Å². The van der Waals surface area contributed by atoms with E-state index in [1.165, 1.54) is 0 Å². The van der Waals surface area contributed by atoms with E-state index in [0.717, 1.165) is 23.7 Å². The quantitative estimate of drug-likeness (QED) is 0.612. The summed E-state index contributed by atoms with van der Waals surface area (Å²) in [6.07, 6.45) is 0. The van der Waals surface area contributed by atoms with Gasteiger partial charge < -0.3 is 4.90 Å². The van der Waals surface area contributed by atoms with Crippen LogP contribution in [0.5, 0.6) is 0 Å². The first-order valence-electron chi connectivity index (χ1n) is 8.07. The van der Waals surface area contributed by atoms with Crippen LogP contribution in [0.15, 0.2) is 30.3 Å². The highest BCUT2D eigenvalue weighted by molar-refractivity contribution is 6.81. The topological polar surface area (TPSA) is 40.6 Å². The largest absolute Gasteiger partial charge is 0.319 e. The molecule has 0 bridgehead atoms. The maximum absolute atomic E-state index is 13.3. The average molecular weight is 318 g/mol. The maximum Gasteiger partial charge on any atom is 0.319 e. The van der Waals surface area contributed by atoms with E-state index in [1.54, 1.807) is 16.5 Å². The van der Waals surface area contributed by atoms with Crippen molar-refractivity contribution in [1.82, 2.24) is 9.47 Å². The molecule has 0 spiro atoms. The second-order valence-corrected chi connectivity index (χ2v) is 11.2. The molecule has 1 saturated heterocycles. The molecule has 1 aromatic carbocycles. The lowest BCUT2D eigenvalue weighted by atomic mass is 9.91. The summed E-state index contributed by atoms with van der Waals surface area (Å²) in [7, 11) is -0.338. The van der Waals surface area contributed by atoms with Crippen molar-refractivity contribution in [1.29, 1.82) is 0 Å². The van der Waals surface area contributed by atoms with Crippen LogP contribution in [0.4, 0.5) is 4.79 Å². The van der Waals surface area contributed by atoms with Gasteiger partial charge in [0.25, 0.3) is 5.91 Å². The normalized spacial score (nSPS) is 22.6. The zero-order valence-electron chi connectivity index (χ0n) is 14.2. The van der Waals surface area contributed by atoms with Gasteiger partial charge in [-0.3, -0.25) is 9.36 Å². The first kappa shape index (κ1) is 16.7. The van der Waals surface area contributed by atoms with Crippen LogP contribution in [0.3, 0.4) is 0 Å². The van der Waals surface area contributed by atoms with Crippen LogP contribution in [0, 0.1) is 0 Å². The van der Waals surface area contributed by atoms with Crippen LogP contribution in [0.1, 0.15) is 33.3 Å². The van der Waals surface area contributed by atoms with E-state index in [4.69, 9.17) is 0 Å². The SMILES string of the molecule is CC[Si](CC)(CC)N1C(=O)N(C)C(C)(c2ccccc2)C1=O. The lowest BCUT2D eigenvalue weighted by molar-refractivity contribution is -0.130. The molecule has 1 aliphatic rings. The maximum atomic E-state index is 13.3. The number of carbonyl (C=O) groups excluding carboxylic acids is 2. The first-order valence-corrected chi connectivity index (χ1v) is 10.6. The number of rotatable bonds is 5. The fourth-order valence-electron chi connectivity index (χ4n) is 3.51. The molecule has 1 aromatic rings. The number of hydrogen-bond donors (Lipinski definition) is 0. The molecule has 1 heterocycles. The van der Waals surface area contributed by atoms with Crippen molar-refractivity contribution in [3.63, 3.8) is 0 Å². The lowest BCUT2D eigenvalue weighted by Crippen LogP contribution is -2.56. The molecule has 0 aromatic heterocycles. The monoisotopic (exact) mass is 318 g/mol. The van der Waals surface area contributed by atoms with Crippen molar-refractivity contribution in [3.8, 4) is 0 Å². The summed E-state index contributed by atoms with van der Waals surface area (Å²) in [5.74, 6) is -0.0524. The van der Waals surface area contributed by atoms with Crippen LogP contribution in [-0.4, -0.2) is 36.7 Å². The Hall–Kier alpha value is -1.62. The fourth-order valence-corrected chi connectivity index (χ4v) is 7.16. The molecule has 0 N–H and O–H groups in total.